The molecule has 1 saturated heterocycles. The Bertz CT molecular complexity index is 1460. The van der Waals surface area contributed by atoms with E-state index in [-0.39, 0.29) is 47.9 Å². The van der Waals surface area contributed by atoms with Crippen LogP contribution in [0.15, 0.2) is 67.3 Å². The van der Waals surface area contributed by atoms with Gasteiger partial charge in [0, 0.05) is 19.5 Å². The topological polar surface area (TPSA) is 125 Å². The summed E-state index contributed by atoms with van der Waals surface area (Å²) in [7, 11) is 0. The highest BCUT2D eigenvalue weighted by molar-refractivity contribution is 6.38. The Hall–Kier alpha value is -4.27. The van der Waals surface area contributed by atoms with Crippen molar-refractivity contribution in [3.8, 4) is 0 Å². The molecule has 46 heavy (non-hydrogen) atoms. The van der Waals surface area contributed by atoms with Crippen LogP contribution in [0.5, 0.6) is 0 Å². The van der Waals surface area contributed by atoms with E-state index < -0.39 is 35.7 Å². The van der Waals surface area contributed by atoms with Crippen LogP contribution >= 0.6 is 0 Å². The van der Waals surface area contributed by atoms with Crippen molar-refractivity contribution < 1.29 is 24.0 Å². The number of carbonyl (C=O) groups excluding carboxylic acids is 5. The number of aryl methyl sites for hydroxylation is 1. The average molecular weight is 627 g/mol. The fraction of sp³-hybridized carbons (Fsp3) is 0.486. The Kier molecular flexibility index (Phi) is 10.1. The van der Waals surface area contributed by atoms with Crippen LogP contribution in [0.4, 0.5) is 0 Å². The maximum atomic E-state index is 14.5. The van der Waals surface area contributed by atoms with Gasteiger partial charge >= 0.3 is 0 Å². The number of hydrogen-bond acceptors (Lipinski definition) is 5. The van der Waals surface area contributed by atoms with E-state index in [1.54, 1.807) is 4.90 Å². The fourth-order valence-electron chi connectivity index (χ4n) is 7.57. The number of Topliss-reactive ketones (excluding diaryl/α,β-unsaturated/α-hetero) is 1. The molecule has 2 fully saturated rings. The average Bonchev–Trinajstić information content (AvgIpc) is 3.41. The van der Waals surface area contributed by atoms with Crippen LogP contribution < -0.4 is 16.0 Å². The third kappa shape index (κ3) is 6.93. The van der Waals surface area contributed by atoms with E-state index >= 15 is 0 Å². The van der Waals surface area contributed by atoms with Gasteiger partial charge in [0.15, 0.2) is 0 Å². The van der Waals surface area contributed by atoms with Crippen LogP contribution in [0.25, 0.3) is 0 Å². The molecule has 244 valence electrons. The van der Waals surface area contributed by atoms with Crippen molar-refractivity contribution >= 4 is 29.4 Å². The Morgan fingerprint density at radius 1 is 0.978 bits per heavy atom. The molecular weight excluding hydrogens is 580 g/mol. The third-order valence-electron chi connectivity index (χ3n) is 10.2. The van der Waals surface area contributed by atoms with Crippen molar-refractivity contribution in [3.63, 3.8) is 0 Å². The Labute approximate surface area is 271 Å². The van der Waals surface area contributed by atoms with Gasteiger partial charge in [0.25, 0.3) is 5.91 Å². The molecule has 1 unspecified atom stereocenters. The minimum Gasteiger partial charge on any atom is -0.346 e. The Morgan fingerprint density at radius 3 is 2.26 bits per heavy atom. The minimum atomic E-state index is -1.00. The number of rotatable bonds is 14. The van der Waals surface area contributed by atoms with Crippen molar-refractivity contribution in [1.29, 1.82) is 0 Å². The summed E-state index contributed by atoms with van der Waals surface area (Å²) in [5.41, 5.74) is 3.22. The molecule has 0 aromatic heterocycles. The molecule has 2 aromatic rings. The van der Waals surface area contributed by atoms with Gasteiger partial charge in [0.2, 0.25) is 23.5 Å². The summed E-state index contributed by atoms with van der Waals surface area (Å²) in [5.74, 6) is -2.51. The summed E-state index contributed by atoms with van der Waals surface area (Å²) < 4.78 is 0. The predicted octanol–water partition coefficient (Wildman–Crippen LogP) is 3.16. The highest BCUT2D eigenvalue weighted by Crippen LogP contribution is 2.65. The summed E-state index contributed by atoms with van der Waals surface area (Å²) in [5, 5.41) is 8.43. The summed E-state index contributed by atoms with van der Waals surface area (Å²) in [6, 6.07) is 15.3. The van der Waals surface area contributed by atoms with Crippen LogP contribution in [0.1, 0.15) is 56.7 Å². The molecule has 0 spiro atoms. The molecule has 3 aliphatic rings. The highest BCUT2D eigenvalue weighted by Gasteiger charge is 2.69. The normalized spacial score (nSPS) is 22.2. The van der Waals surface area contributed by atoms with Gasteiger partial charge in [0.05, 0.1) is 6.04 Å². The second kappa shape index (κ2) is 14.0. The van der Waals surface area contributed by atoms with Crippen LogP contribution in [0.3, 0.4) is 0 Å². The number of carbonyl (C=O) groups is 5. The SMILES string of the molecule is C=CCNC(=O)C(=O)C(CCC)NC(=O)[C@@H]1[C@H]2[C@@H](CN1C(=O)[C@@H](NC(=O)CCc1ccccc1)C1Cc3ccccc3C1)C2(C)C. The van der Waals surface area contributed by atoms with E-state index in [1.165, 1.54) is 17.2 Å². The molecule has 1 aliphatic heterocycles. The molecule has 1 heterocycles. The molecule has 0 radical (unpaired) electrons. The largest absolute Gasteiger partial charge is 0.346 e. The summed E-state index contributed by atoms with van der Waals surface area (Å²) in [6.07, 6.45) is 4.46. The second-order valence-corrected chi connectivity index (χ2v) is 13.6. The number of amides is 4. The highest BCUT2D eigenvalue weighted by atomic mass is 16.2. The van der Waals surface area contributed by atoms with E-state index in [0.717, 1.165) is 5.56 Å². The lowest BCUT2D eigenvalue weighted by molar-refractivity contribution is -0.145. The van der Waals surface area contributed by atoms with Crippen LogP contribution in [-0.2, 0) is 43.2 Å². The molecule has 9 heteroatoms. The third-order valence-corrected chi connectivity index (χ3v) is 10.2. The second-order valence-electron chi connectivity index (χ2n) is 13.6. The number of nitrogens with zero attached hydrogens (tertiary/aromatic N) is 1. The first-order valence-electron chi connectivity index (χ1n) is 16.5. The number of hydrogen-bond donors (Lipinski definition) is 3. The number of nitrogens with one attached hydrogen (secondary N) is 3. The smallest absolute Gasteiger partial charge is 0.289 e. The zero-order valence-corrected chi connectivity index (χ0v) is 27.1. The lowest BCUT2D eigenvalue weighted by atomic mass is 9.93. The monoisotopic (exact) mass is 626 g/mol. The van der Waals surface area contributed by atoms with Crippen LogP contribution in [-0.4, -0.2) is 65.5 Å². The van der Waals surface area contributed by atoms with E-state index in [4.69, 9.17) is 0 Å². The number of ketones is 1. The van der Waals surface area contributed by atoms with E-state index in [1.807, 2.05) is 49.4 Å². The number of benzene rings is 2. The summed E-state index contributed by atoms with van der Waals surface area (Å²) >= 11 is 0. The van der Waals surface area contributed by atoms with Gasteiger partial charge in [-0.05, 0) is 65.5 Å². The molecule has 5 rings (SSSR count). The lowest BCUT2D eigenvalue weighted by Crippen LogP contribution is -2.59. The van der Waals surface area contributed by atoms with E-state index in [2.05, 4.69) is 48.5 Å². The molecule has 4 amide bonds. The molecular formula is C37H46N4O5. The molecule has 9 nitrogen and oxygen atoms in total. The van der Waals surface area contributed by atoms with Gasteiger partial charge in [-0.25, -0.2) is 0 Å². The van der Waals surface area contributed by atoms with Crippen molar-refractivity contribution in [2.75, 3.05) is 13.1 Å². The molecule has 5 atom stereocenters. The lowest BCUT2D eigenvalue weighted by Gasteiger charge is -2.35. The summed E-state index contributed by atoms with van der Waals surface area (Å²) in [4.78, 5) is 69.0. The summed E-state index contributed by atoms with van der Waals surface area (Å²) in [6.45, 7) is 10.2. The van der Waals surface area contributed by atoms with E-state index in [0.29, 0.717) is 38.6 Å². The van der Waals surface area contributed by atoms with Gasteiger partial charge in [-0.3, -0.25) is 24.0 Å². The van der Waals surface area contributed by atoms with Crippen molar-refractivity contribution in [2.45, 2.75) is 77.4 Å². The molecule has 2 aromatic carbocycles. The Balaban J connectivity index is 1.36. The van der Waals surface area contributed by atoms with Gasteiger partial charge in [-0.1, -0.05) is 87.9 Å². The van der Waals surface area contributed by atoms with E-state index in [9.17, 15) is 24.0 Å². The van der Waals surface area contributed by atoms with Crippen molar-refractivity contribution in [1.82, 2.24) is 20.9 Å². The van der Waals surface area contributed by atoms with Crippen LogP contribution in [0, 0.1) is 23.2 Å². The first-order chi connectivity index (χ1) is 22.1. The van der Waals surface area contributed by atoms with Crippen molar-refractivity contribution in [3.05, 3.63) is 83.9 Å². The number of piperidine rings is 1. The predicted molar refractivity (Wildman–Crippen MR) is 175 cm³/mol. The van der Waals surface area contributed by atoms with Gasteiger partial charge < -0.3 is 20.9 Å². The maximum Gasteiger partial charge on any atom is 0.289 e. The van der Waals surface area contributed by atoms with Gasteiger partial charge in [-0.2, -0.15) is 0 Å². The van der Waals surface area contributed by atoms with Gasteiger partial charge in [-0.15, -0.1) is 6.58 Å². The molecule has 1 saturated carbocycles. The Morgan fingerprint density at radius 2 is 1.63 bits per heavy atom. The molecule has 2 aliphatic carbocycles. The minimum absolute atomic E-state index is 0.0846. The fourth-order valence-corrected chi connectivity index (χ4v) is 7.57. The first kappa shape index (κ1) is 33.1. The quantitative estimate of drug-likeness (QED) is 0.220. The standard InChI is InChI=1S/C37H46N4O5/c1-5-12-28(33(43)35(45)38-19-6-2)39-34(44)32-30-27(37(30,3)4)22-41(32)36(46)31(26-20-24-15-10-11-16-25(24)21-26)40-29(42)18-17-23-13-8-7-9-14-23/h6-11,13-16,26-28,30-32H,2,5,12,17-22H2,1,3-4H3,(H,38,45)(H,39,44)(H,40,42)/t27-,28?,30-,31+,32+/m1/s1. The maximum absolute atomic E-state index is 14.5. The zero-order chi connectivity index (χ0) is 33.0. The first-order valence-corrected chi connectivity index (χ1v) is 16.5. The van der Waals surface area contributed by atoms with Crippen molar-refractivity contribution in [2.24, 2.45) is 23.2 Å². The van der Waals surface area contributed by atoms with Crippen LogP contribution in [0.2, 0.25) is 0 Å². The number of likely N-dealkylation sites (tertiary alicyclic amines) is 1. The number of fused-ring (bicyclic) bond motifs is 2. The zero-order valence-electron chi connectivity index (χ0n) is 27.1. The molecule has 3 N–H and O–H groups in total. The van der Waals surface area contributed by atoms with Gasteiger partial charge in [0.1, 0.15) is 12.1 Å². The molecule has 0 bridgehead atoms.